The first-order chi connectivity index (χ1) is 10.8. The highest BCUT2D eigenvalue weighted by Crippen LogP contribution is 2.38. The van der Waals surface area contributed by atoms with Crippen LogP contribution in [0.2, 0.25) is 0 Å². The van der Waals surface area contributed by atoms with E-state index in [9.17, 15) is 18.0 Å². The Morgan fingerprint density at radius 3 is 2.52 bits per heavy atom. The number of halogens is 3. The van der Waals surface area contributed by atoms with Gasteiger partial charge in [-0.3, -0.25) is 0 Å². The van der Waals surface area contributed by atoms with Crippen molar-refractivity contribution in [3.05, 3.63) is 59.2 Å². The molecule has 0 aliphatic carbocycles. The van der Waals surface area contributed by atoms with Crippen molar-refractivity contribution in [2.24, 2.45) is 0 Å². The van der Waals surface area contributed by atoms with Crippen molar-refractivity contribution in [3.63, 3.8) is 0 Å². The molecular formula is C16H13F3O4. The molecule has 0 bridgehead atoms. The molecule has 0 amide bonds. The summed E-state index contributed by atoms with van der Waals surface area (Å²) in [7, 11) is 1.14. The first-order valence-electron chi connectivity index (χ1n) is 6.51. The lowest BCUT2D eigenvalue weighted by Crippen LogP contribution is -2.07. The summed E-state index contributed by atoms with van der Waals surface area (Å²) >= 11 is 0. The van der Waals surface area contributed by atoms with Gasteiger partial charge in [-0.25, -0.2) is 4.79 Å². The summed E-state index contributed by atoms with van der Waals surface area (Å²) in [5.41, 5.74) is -0.194. The van der Waals surface area contributed by atoms with E-state index < -0.39 is 17.7 Å². The average Bonchev–Trinajstić information content (AvgIpc) is 2.52. The smallest absolute Gasteiger partial charge is 0.419 e. The van der Waals surface area contributed by atoms with Crippen molar-refractivity contribution in [2.45, 2.75) is 12.8 Å². The van der Waals surface area contributed by atoms with Gasteiger partial charge in [0.25, 0.3) is 0 Å². The van der Waals surface area contributed by atoms with Crippen LogP contribution in [0.15, 0.2) is 42.5 Å². The summed E-state index contributed by atoms with van der Waals surface area (Å²) in [6, 6.07) is 9.30. The minimum atomic E-state index is -4.51. The summed E-state index contributed by atoms with van der Waals surface area (Å²) in [4.78, 5) is 10.9. The molecule has 0 fully saturated rings. The number of ether oxygens (including phenoxy) is 2. The standard InChI is InChI=1S/C16H13F3O4/c1-22-14-8-12(5-6-13(14)16(17,18)19)23-9-10-3-2-4-11(7-10)15(20)21/h2-8H,9H2,1H3,(H,20,21). The van der Waals surface area contributed by atoms with Gasteiger partial charge in [0.15, 0.2) is 0 Å². The van der Waals surface area contributed by atoms with Gasteiger partial charge in [0.2, 0.25) is 0 Å². The van der Waals surface area contributed by atoms with Crippen molar-refractivity contribution in [3.8, 4) is 11.5 Å². The molecule has 4 nitrogen and oxygen atoms in total. The third kappa shape index (κ3) is 4.15. The minimum Gasteiger partial charge on any atom is -0.496 e. The van der Waals surface area contributed by atoms with Gasteiger partial charge in [0.1, 0.15) is 18.1 Å². The van der Waals surface area contributed by atoms with Gasteiger partial charge < -0.3 is 14.6 Å². The third-order valence-corrected chi connectivity index (χ3v) is 3.06. The maximum absolute atomic E-state index is 12.8. The van der Waals surface area contributed by atoms with E-state index in [-0.39, 0.29) is 23.7 Å². The summed E-state index contributed by atoms with van der Waals surface area (Å²) in [6.07, 6.45) is -4.51. The van der Waals surface area contributed by atoms with Crippen LogP contribution in [0.1, 0.15) is 21.5 Å². The molecule has 0 radical (unpaired) electrons. The Bertz CT molecular complexity index is 711. The lowest BCUT2D eigenvalue weighted by molar-refractivity contribution is -0.138. The Morgan fingerprint density at radius 2 is 1.91 bits per heavy atom. The largest absolute Gasteiger partial charge is 0.496 e. The monoisotopic (exact) mass is 326 g/mol. The molecule has 0 saturated carbocycles. The van der Waals surface area contributed by atoms with Crippen molar-refractivity contribution in [1.82, 2.24) is 0 Å². The molecular weight excluding hydrogens is 313 g/mol. The second-order valence-electron chi connectivity index (χ2n) is 4.65. The highest BCUT2D eigenvalue weighted by Gasteiger charge is 2.34. The van der Waals surface area contributed by atoms with Crippen molar-refractivity contribution >= 4 is 5.97 Å². The zero-order valence-corrected chi connectivity index (χ0v) is 12.1. The van der Waals surface area contributed by atoms with Crippen LogP contribution in [-0.4, -0.2) is 18.2 Å². The van der Waals surface area contributed by atoms with Gasteiger partial charge in [-0.1, -0.05) is 12.1 Å². The molecule has 0 saturated heterocycles. The average molecular weight is 326 g/mol. The van der Waals surface area contributed by atoms with Crippen LogP contribution in [-0.2, 0) is 12.8 Å². The predicted molar refractivity (Wildman–Crippen MR) is 75.7 cm³/mol. The first kappa shape index (κ1) is 16.7. The Hall–Kier alpha value is -2.70. The van der Waals surface area contributed by atoms with Crippen LogP contribution in [0, 0.1) is 0 Å². The maximum atomic E-state index is 12.8. The fourth-order valence-corrected chi connectivity index (χ4v) is 1.96. The van der Waals surface area contributed by atoms with E-state index in [4.69, 9.17) is 14.6 Å². The number of aromatic carboxylic acids is 1. The number of carbonyl (C=O) groups is 1. The Kier molecular flexibility index (Phi) is 4.78. The van der Waals surface area contributed by atoms with Crippen LogP contribution >= 0.6 is 0 Å². The molecule has 7 heteroatoms. The predicted octanol–water partition coefficient (Wildman–Crippen LogP) is 3.99. The summed E-state index contributed by atoms with van der Waals surface area (Å²) < 4.78 is 48.4. The molecule has 0 atom stereocenters. The van der Waals surface area contributed by atoms with E-state index in [1.54, 1.807) is 12.1 Å². The van der Waals surface area contributed by atoms with Gasteiger partial charge >= 0.3 is 12.1 Å². The number of methoxy groups -OCH3 is 1. The second kappa shape index (κ2) is 6.60. The molecule has 0 unspecified atom stereocenters. The Labute approximate surface area is 130 Å². The van der Waals surface area contributed by atoms with Crippen molar-refractivity contribution < 1.29 is 32.5 Å². The normalized spacial score (nSPS) is 11.1. The molecule has 0 heterocycles. The fraction of sp³-hybridized carbons (Fsp3) is 0.188. The van der Waals surface area contributed by atoms with Gasteiger partial charge in [0, 0.05) is 6.07 Å². The first-order valence-corrected chi connectivity index (χ1v) is 6.51. The third-order valence-electron chi connectivity index (χ3n) is 3.06. The molecule has 2 aromatic carbocycles. The number of benzene rings is 2. The molecule has 1 N–H and O–H groups in total. The van der Waals surface area contributed by atoms with Gasteiger partial charge in [-0.05, 0) is 29.8 Å². The molecule has 0 aromatic heterocycles. The topological polar surface area (TPSA) is 55.8 Å². The van der Waals surface area contributed by atoms with Gasteiger partial charge in [-0.2, -0.15) is 13.2 Å². The summed E-state index contributed by atoms with van der Waals surface area (Å²) in [5.74, 6) is -1.21. The van der Waals surface area contributed by atoms with Gasteiger partial charge in [0.05, 0.1) is 18.2 Å². The number of carboxylic acids is 1. The molecule has 23 heavy (non-hydrogen) atoms. The Balaban J connectivity index is 2.15. The number of hydrogen-bond donors (Lipinski definition) is 1. The molecule has 0 aliphatic rings. The van der Waals surface area contributed by atoms with Crippen LogP contribution in [0.25, 0.3) is 0 Å². The highest BCUT2D eigenvalue weighted by molar-refractivity contribution is 5.87. The van der Waals surface area contributed by atoms with E-state index in [1.165, 1.54) is 18.2 Å². The fourth-order valence-electron chi connectivity index (χ4n) is 1.96. The van der Waals surface area contributed by atoms with Crippen LogP contribution in [0.4, 0.5) is 13.2 Å². The zero-order valence-electron chi connectivity index (χ0n) is 12.1. The highest BCUT2D eigenvalue weighted by atomic mass is 19.4. The lowest BCUT2D eigenvalue weighted by atomic mass is 10.1. The van der Waals surface area contributed by atoms with Crippen LogP contribution in [0.5, 0.6) is 11.5 Å². The van der Waals surface area contributed by atoms with E-state index in [0.717, 1.165) is 19.2 Å². The lowest BCUT2D eigenvalue weighted by Gasteiger charge is -2.14. The van der Waals surface area contributed by atoms with E-state index >= 15 is 0 Å². The Morgan fingerprint density at radius 1 is 1.17 bits per heavy atom. The molecule has 2 aromatic rings. The number of hydrogen-bond acceptors (Lipinski definition) is 3. The molecule has 0 spiro atoms. The summed E-state index contributed by atoms with van der Waals surface area (Å²) in [6.45, 7) is 0.0235. The number of rotatable bonds is 5. The SMILES string of the molecule is COc1cc(OCc2cccc(C(=O)O)c2)ccc1C(F)(F)F. The number of alkyl halides is 3. The van der Waals surface area contributed by atoms with E-state index in [2.05, 4.69) is 0 Å². The minimum absolute atomic E-state index is 0.0235. The van der Waals surface area contributed by atoms with Gasteiger partial charge in [-0.15, -0.1) is 0 Å². The molecule has 122 valence electrons. The second-order valence-corrected chi connectivity index (χ2v) is 4.65. The van der Waals surface area contributed by atoms with Crippen molar-refractivity contribution in [2.75, 3.05) is 7.11 Å². The molecule has 2 rings (SSSR count). The maximum Gasteiger partial charge on any atom is 0.419 e. The van der Waals surface area contributed by atoms with Crippen LogP contribution < -0.4 is 9.47 Å². The molecule has 0 aliphatic heterocycles. The van der Waals surface area contributed by atoms with Crippen molar-refractivity contribution in [1.29, 1.82) is 0 Å². The van der Waals surface area contributed by atoms with E-state index in [1.807, 2.05) is 0 Å². The zero-order chi connectivity index (χ0) is 17.0. The quantitative estimate of drug-likeness (QED) is 0.902. The number of carboxylic acid groups (broad SMARTS) is 1. The van der Waals surface area contributed by atoms with E-state index in [0.29, 0.717) is 5.56 Å². The van der Waals surface area contributed by atoms with Crippen LogP contribution in [0.3, 0.4) is 0 Å². The summed E-state index contributed by atoms with van der Waals surface area (Å²) in [5, 5.41) is 8.91.